The van der Waals surface area contributed by atoms with Crippen LogP contribution in [0.1, 0.15) is 49.5 Å². The average Bonchev–Trinajstić information content (AvgIpc) is 2.75. The van der Waals surface area contributed by atoms with Crippen LogP contribution in [0.15, 0.2) is 36.5 Å². The maximum Gasteiger partial charge on any atom is 0.433 e. The van der Waals surface area contributed by atoms with Crippen LogP contribution in [-0.4, -0.2) is 40.0 Å². The molecule has 2 aromatic rings. The predicted molar refractivity (Wildman–Crippen MR) is 117 cm³/mol. The smallest absolute Gasteiger partial charge is 0.433 e. The third kappa shape index (κ3) is 4.69. The Morgan fingerprint density at radius 1 is 1.23 bits per heavy atom. The van der Waals surface area contributed by atoms with Crippen molar-refractivity contribution in [3.05, 3.63) is 52.8 Å². The second-order valence-corrected chi connectivity index (χ2v) is 10.1. The Kier molecular flexibility index (Phi) is 5.71. The summed E-state index contributed by atoms with van der Waals surface area (Å²) in [5.74, 6) is 0.0448. The minimum absolute atomic E-state index is 0.0614. The van der Waals surface area contributed by atoms with E-state index in [-0.39, 0.29) is 35.5 Å². The molecule has 0 radical (unpaired) electrons. The molecule has 0 spiro atoms. The summed E-state index contributed by atoms with van der Waals surface area (Å²) in [7, 11) is 0. The van der Waals surface area contributed by atoms with Crippen molar-refractivity contribution in [1.29, 1.82) is 0 Å². The first-order chi connectivity index (χ1) is 16.5. The fourth-order valence-electron chi connectivity index (χ4n) is 5.53. The highest BCUT2D eigenvalue weighted by Crippen LogP contribution is 2.69. The summed E-state index contributed by atoms with van der Waals surface area (Å²) in [6.07, 6.45) is -2.75. The van der Waals surface area contributed by atoms with Crippen molar-refractivity contribution >= 4 is 23.3 Å². The van der Waals surface area contributed by atoms with Crippen LogP contribution in [0.4, 0.5) is 13.2 Å². The SMILES string of the molecule is O=C(COc1ccc(C(F)(F)F)nc1)NC12CC(CC(=O)[C@@H]3C[C@H](O)c4cc(Cl)ccc4O3)(C1)C2. The second kappa shape index (κ2) is 8.37. The van der Waals surface area contributed by atoms with Crippen molar-refractivity contribution in [1.82, 2.24) is 10.3 Å². The molecule has 35 heavy (non-hydrogen) atoms. The van der Waals surface area contributed by atoms with E-state index in [9.17, 15) is 27.9 Å². The number of benzene rings is 1. The number of amides is 1. The number of ketones is 1. The van der Waals surface area contributed by atoms with Gasteiger partial charge in [-0.05, 0) is 55.0 Å². The Balaban J connectivity index is 1.08. The largest absolute Gasteiger partial charge is 0.482 e. The Bertz CT molecular complexity index is 1150. The summed E-state index contributed by atoms with van der Waals surface area (Å²) in [5, 5.41) is 13.8. The number of alkyl halides is 3. The summed E-state index contributed by atoms with van der Waals surface area (Å²) >= 11 is 5.97. The molecule has 0 saturated heterocycles. The molecular formula is C24H22ClF3N2O5. The molecule has 3 saturated carbocycles. The molecule has 2 heterocycles. The number of halogens is 4. The van der Waals surface area contributed by atoms with Crippen LogP contribution in [0.25, 0.3) is 0 Å². The highest BCUT2D eigenvalue weighted by Gasteiger charge is 2.68. The number of rotatable bonds is 7. The van der Waals surface area contributed by atoms with Gasteiger partial charge in [-0.2, -0.15) is 13.2 Å². The molecule has 1 aliphatic heterocycles. The van der Waals surface area contributed by atoms with Crippen LogP contribution in [0, 0.1) is 5.41 Å². The lowest BCUT2D eigenvalue weighted by molar-refractivity contribution is -0.176. The summed E-state index contributed by atoms with van der Waals surface area (Å²) < 4.78 is 48.7. The van der Waals surface area contributed by atoms with Gasteiger partial charge in [-0.1, -0.05) is 11.6 Å². The number of Topliss-reactive ketones (excluding diaryl/α,β-unsaturated/α-hetero) is 1. The van der Waals surface area contributed by atoms with E-state index in [1.54, 1.807) is 18.2 Å². The van der Waals surface area contributed by atoms with Crippen LogP contribution in [-0.2, 0) is 15.8 Å². The van der Waals surface area contributed by atoms with Gasteiger partial charge in [0.2, 0.25) is 0 Å². The van der Waals surface area contributed by atoms with Crippen LogP contribution < -0.4 is 14.8 Å². The molecule has 1 amide bonds. The van der Waals surface area contributed by atoms with Gasteiger partial charge in [0.05, 0.1) is 12.3 Å². The van der Waals surface area contributed by atoms with E-state index in [1.807, 2.05) is 0 Å². The van der Waals surface area contributed by atoms with E-state index in [0.717, 1.165) is 18.3 Å². The topological polar surface area (TPSA) is 97.8 Å². The van der Waals surface area contributed by atoms with Crippen LogP contribution >= 0.6 is 11.6 Å². The fraction of sp³-hybridized carbons (Fsp3) is 0.458. The van der Waals surface area contributed by atoms with Gasteiger partial charge >= 0.3 is 6.18 Å². The molecule has 1 aromatic carbocycles. The molecule has 0 unspecified atom stereocenters. The first kappa shape index (κ1) is 23.9. The number of fused-ring (bicyclic) bond motifs is 1. The van der Waals surface area contributed by atoms with Crippen molar-refractivity contribution in [2.24, 2.45) is 5.41 Å². The van der Waals surface area contributed by atoms with E-state index in [0.29, 0.717) is 42.0 Å². The summed E-state index contributed by atoms with van der Waals surface area (Å²) in [6, 6.07) is 6.83. The summed E-state index contributed by atoms with van der Waals surface area (Å²) in [4.78, 5) is 28.4. The van der Waals surface area contributed by atoms with Crippen molar-refractivity contribution < 1.29 is 37.3 Å². The lowest BCUT2D eigenvalue weighted by Crippen LogP contribution is -2.75. The average molecular weight is 511 g/mol. The van der Waals surface area contributed by atoms with Crippen LogP contribution in [0.3, 0.4) is 0 Å². The van der Waals surface area contributed by atoms with Crippen molar-refractivity contribution in [2.75, 3.05) is 6.61 Å². The number of ether oxygens (including phenoxy) is 2. The van der Waals surface area contributed by atoms with Crippen LogP contribution in [0.5, 0.6) is 11.5 Å². The number of aromatic nitrogens is 1. The number of pyridine rings is 1. The van der Waals surface area contributed by atoms with Gasteiger partial charge in [0.25, 0.3) is 5.91 Å². The molecule has 7 nitrogen and oxygen atoms in total. The molecule has 3 aliphatic carbocycles. The Hall–Kier alpha value is -2.85. The minimum atomic E-state index is -4.54. The first-order valence-corrected chi connectivity index (χ1v) is 11.5. The number of nitrogens with one attached hydrogen (secondary N) is 1. The number of aliphatic hydroxyl groups excluding tert-OH is 1. The van der Waals surface area contributed by atoms with Crippen molar-refractivity contribution in [2.45, 2.75) is 56.0 Å². The highest BCUT2D eigenvalue weighted by molar-refractivity contribution is 6.30. The molecule has 186 valence electrons. The van der Waals surface area contributed by atoms with E-state index < -0.39 is 30.0 Å². The van der Waals surface area contributed by atoms with Gasteiger partial charge in [0.1, 0.15) is 17.2 Å². The maximum absolute atomic E-state index is 12.9. The molecule has 3 fully saturated rings. The molecule has 1 aromatic heterocycles. The van der Waals surface area contributed by atoms with Crippen LogP contribution in [0.2, 0.25) is 5.02 Å². The molecular weight excluding hydrogens is 489 g/mol. The zero-order chi connectivity index (χ0) is 25.0. The van der Waals surface area contributed by atoms with Gasteiger partial charge in [0, 0.05) is 29.0 Å². The third-order valence-corrected chi connectivity index (χ3v) is 7.12. The zero-order valence-corrected chi connectivity index (χ0v) is 19.2. The number of carbonyl (C=O) groups is 2. The van der Waals surface area contributed by atoms with Gasteiger partial charge in [-0.15, -0.1) is 0 Å². The lowest BCUT2D eigenvalue weighted by Gasteiger charge is -2.70. The second-order valence-electron chi connectivity index (χ2n) is 9.71. The van der Waals surface area contributed by atoms with Crippen molar-refractivity contribution in [3.63, 3.8) is 0 Å². The molecule has 4 aliphatic rings. The van der Waals surface area contributed by atoms with E-state index >= 15 is 0 Å². The fourth-order valence-corrected chi connectivity index (χ4v) is 5.71. The Morgan fingerprint density at radius 3 is 2.63 bits per heavy atom. The number of nitrogens with zero attached hydrogens (tertiary/aromatic N) is 1. The van der Waals surface area contributed by atoms with Crippen molar-refractivity contribution in [3.8, 4) is 11.5 Å². The number of aliphatic hydroxyl groups is 1. The Labute approximate surface area is 203 Å². The van der Waals surface area contributed by atoms with Gasteiger partial charge in [-0.3, -0.25) is 9.59 Å². The highest BCUT2D eigenvalue weighted by atomic mass is 35.5. The Morgan fingerprint density at radius 2 is 1.97 bits per heavy atom. The predicted octanol–water partition coefficient (Wildman–Crippen LogP) is 4.02. The van der Waals surface area contributed by atoms with Gasteiger partial charge < -0.3 is 19.9 Å². The van der Waals surface area contributed by atoms with Gasteiger partial charge in [0.15, 0.2) is 18.5 Å². The standard InChI is InChI=1S/C24H22ClF3N2O5/c25-13-1-3-18-15(5-13)16(31)6-19(35-18)17(32)7-22-10-23(11-22,12-22)30-21(33)9-34-14-2-4-20(29-8-14)24(26,27)28/h1-5,8,16,19,31H,6-7,9-12H2,(H,30,33)/t16-,19-,22?,23?/m0/s1. The van der Waals surface area contributed by atoms with Gasteiger partial charge in [-0.25, -0.2) is 4.98 Å². The summed E-state index contributed by atoms with van der Waals surface area (Å²) in [6.45, 7) is -0.349. The summed E-state index contributed by atoms with van der Waals surface area (Å²) in [5.41, 5.74) is -1.03. The minimum Gasteiger partial charge on any atom is -0.482 e. The molecule has 2 N–H and O–H groups in total. The number of hydrogen-bond donors (Lipinski definition) is 2. The van der Waals surface area contributed by atoms with E-state index in [2.05, 4.69) is 10.3 Å². The first-order valence-electron chi connectivity index (χ1n) is 11.1. The van der Waals surface area contributed by atoms with E-state index in [1.165, 1.54) is 0 Å². The maximum atomic E-state index is 12.9. The van der Waals surface area contributed by atoms with E-state index in [4.69, 9.17) is 21.1 Å². The molecule has 11 heteroatoms. The monoisotopic (exact) mass is 510 g/mol. The normalized spacial score (nSPS) is 28.6. The quantitative estimate of drug-likeness (QED) is 0.584. The molecule has 6 rings (SSSR count). The zero-order valence-electron chi connectivity index (χ0n) is 18.4. The number of hydrogen-bond acceptors (Lipinski definition) is 6. The molecule has 2 bridgehead atoms. The third-order valence-electron chi connectivity index (χ3n) is 6.89. The number of carbonyl (C=O) groups excluding carboxylic acids is 2. The molecule has 2 atom stereocenters. The lowest BCUT2D eigenvalue weighted by atomic mass is 9.38.